The molecule has 0 rings (SSSR count). The van der Waals surface area contributed by atoms with Gasteiger partial charge in [0, 0.05) is 12.4 Å². The summed E-state index contributed by atoms with van der Waals surface area (Å²) in [6.07, 6.45) is -5.97. The zero-order chi connectivity index (χ0) is 17.4. The van der Waals surface area contributed by atoms with Crippen LogP contribution in [-0.4, -0.2) is 107 Å². The van der Waals surface area contributed by atoms with Crippen LogP contribution in [0.25, 0.3) is 0 Å². The number of carboxylic acids is 3. The molecule has 0 aliphatic heterocycles. The van der Waals surface area contributed by atoms with Gasteiger partial charge >= 0.3 is 23.1 Å². The first-order valence-electron chi connectivity index (χ1n) is 5.74. The molecule has 0 fully saturated rings. The number of aliphatic hydroxyl groups is 3. The Morgan fingerprint density at radius 2 is 1.23 bits per heavy atom. The molecule has 0 bridgehead atoms. The van der Waals surface area contributed by atoms with Gasteiger partial charge in [-0.3, -0.25) is 0 Å². The monoisotopic (exact) mass is 333 g/mol. The van der Waals surface area contributed by atoms with Crippen LogP contribution in [0.3, 0.4) is 0 Å². The molecule has 0 heterocycles. The molecule has 0 saturated carbocycles. The second kappa shape index (κ2) is 11.6. The van der Waals surface area contributed by atoms with Gasteiger partial charge in [-0.2, -0.15) is 0 Å². The van der Waals surface area contributed by atoms with Gasteiger partial charge in [0.15, 0.2) is 0 Å². The number of likely N-dealkylation sites (N-methyl/N-ethyl adjacent to an activating group) is 1. The van der Waals surface area contributed by atoms with Crippen molar-refractivity contribution in [3.8, 4) is 0 Å². The molecule has 3 unspecified atom stereocenters. The largest absolute Gasteiger partial charge is 2.00 e. The summed E-state index contributed by atoms with van der Waals surface area (Å²) in [7, 11) is 5.66. The van der Waals surface area contributed by atoms with E-state index < -0.39 is 36.2 Å². The summed E-state index contributed by atoms with van der Waals surface area (Å²) in [6, 6.07) is 0. The number of rotatable bonds is 7. The Kier molecular flexibility index (Phi) is 13.6. The maximum absolute atomic E-state index is 10.0. The molecule has 124 valence electrons. The molecule has 11 heteroatoms. The van der Waals surface area contributed by atoms with Crippen LogP contribution in [0.5, 0.6) is 0 Å². The topological polar surface area (TPSA) is 181 Å². The predicted molar refractivity (Wildman–Crippen MR) is 66.3 cm³/mol. The van der Waals surface area contributed by atoms with Crippen LogP contribution in [0.1, 0.15) is 6.42 Å². The molecule has 0 radical (unpaired) electrons. The molecule has 0 aliphatic carbocycles. The zero-order valence-electron chi connectivity index (χ0n) is 12.6. The van der Waals surface area contributed by atoms with E-state index in [1.54, 1.807) is 0 Å². The van der Waals surface area contributed by atoms with Gasteiger partial charge in [0.25, 0.3) is 0 Å². The van der Waals surface area contributed by atoms with Crippen LogP contribution in [-0.2, 0) is 14.4 Å². The van der Waals surface area contributed by atoms with Crippen molar-refractivity contribution in [3.05, 3.63) is 0 Å². The average Bonchev–Trinajstić information content (AvgIpc) is 2.23. The number of carboxylic acid groups (broad SMARTS) is 3. The molecule has 3 atom stereocenters. The van der Waals surface area contributed by atoms with E-state index in [0.29, 0.717) is 11.0 Å². The Balaban J connectivity index is -0.000000315. The summed E-state index contributed by atoms with van der Waals surface area (Å²) >= 11 is 0. The van der Waals surface area contributed by atoms with Crippen LogP contribution >= 0.6 is 0 Å². The summed E-state index contributed by atoms with van der Waals surface area (Å²) in [4.78, 5) is 29.3. The molecule has 0 aliphatic rings. The Morgan fingerprint density at radius 3 is 1.41 bits per heavy atom. The van der Waals surface area contributed by atoms with Crippen molar-refractivity contribution in [1.29, 1.82) is 0 Å². The molecule has 0 aromatic rings. The van der Waals surface area contributed by atoms with E-state index in [1.807, 2.05) is 21.1 Å². The van der Waals surface area contributed by atoms with E-state index in [2.05, 4.69) is 0 Å². The van der Waals surface area contributed by atoms with Gasteiger partial charge in [-0.25, -0.2) is 0 Å². The second-order valence-electron chi connectivity index (χ2n) is 5.23. The maximum Gasteiger partial charge on any atom is 2.00 e. The minimum absolute atomic E-state index is 0. The Bertz CT molecular complexity index is 351. The van der Waals surface area contributed by atoms with Crippen molar-refractivity contribution >= 4 is 41.0 Å². The zero-order valence-corrected chi connectivity index (χ0v) is 14.0. The third-order valence-electron chi connectivity index (χ3n) is 1.94. The molecule has 0 saturated heterocycles. The van der Waals surface area contributed by atoms with Gasteiger partial charge in [-0.15, -0.1) is 0 Å². The van der Waals surface area contributed by atoms with Gasteiger partial charge in [-0.05, 0) is 0 Å². The molecule has 0 aromatic carbocycles. The number of hydrogen-bond acceptors (Lipinski definition) is 9. The molecule has 0 spiro atoms. The average molecular weight is 334 g/mol. The fourth-order valence-electron chi connectivity index (χ4n) is 1.15. The van der Waals surface area contributed by atoms with E-state index in [9.17, 15) is 29.7 Å². The van der Waals surface area contributed by atoms with E-state index in [1.165, 1.54) is 0 Å². The summed E-state index contributed by atoms with van der Waals surface area (Å²) < 4.78 is 0.550. The SMILES string of the molecule is C[N+](C)(C)CC(O)CC(=O)[O-].O=C([O-])C(O)C(O)C(=O)[O-].[Mg+2]. The summed E-state index contributed by atoms with van der Waals surface area (Å²) in [5.41, 5.74) is 0. The molecule has 22 heavy (non-hydrogen) atoms. The van der Waals surface area contributed by atoms with Gasteiger partial charge in [0.1, 0.15) is 24.9 Å². The Morgan fingerprint density at radius 1 is 0.909 bits per heavy atom. The second-order valence-corrected chi connectivity index (χ2v) is 5.23. The fraction of sp³-hybridized carbons (Fsp3) is 0.727. The fourth-order valence-corrected chi connectivity index (χ4v) is 1.15. The maximum atomic E-state index is 10.0. The van der Waals surface area contributed by atoms with Crippen LogP contribution in [0.15, 0.2) is 0 Å². The van der Waals surface area contributed by atoms with E-state index in [4.69, 9.17) is 15.3 Å². The summed E-state index contributed by atoms with van der Waals surface area (Å²) in [5, 5.41) is 54.9. The summed E-state index contributed by atoms with van der Waals surface area (Å²) in [6.45, 7) is 0.425. The van der Waals surface area contributed by atoms with Crippen molar-refractivity contribution in [2.24, 2.45) is 0 Å². The quantitative estimate of drug-likeness (QED) is 0.301. The standard InChI is InChI=1S/C7H15NO3.C4H6O6.Mg/c1-8(2,3)5-6(9)4-7(10)11;5-1(3(7)8)2(6)4(9)10;/h6,9H,4-5H2,1-3H3;1-2,5-6H,(H,7,8)(H,9,10);/q;;+2/p-2. The van der Waals surface area contributed by atoms with Gasteiger partial charge in [0.05, 0.1) is 33.1 Å². The predicted octanol–water partition coefficient (Wildman–Crippen LogP) is -6.98. The molecular formula is C11H19MgNO9. The van der Waals surface area contributed by atoms with E-state index in [-0.39, 0.29) is 29.5 Å². The first-order chi connectivity index (χ1) is 9.27. The van der Waals surface area contributed by atoms with Crippen LogP contribution in [0.2, 0.25) is 0 Å². The molecule has 10 nitrogen and oxygen atoms in total. The molecule has 3 N–H and O–H groups in total. The van der Waals surface area contributed by atoms with Crippen molar-refractivity contribution < 1.29 is 49.5 Å². The third kappa shape index (κ3) is 15.4. The first kappa shape index (κ1) is 25.9. The Hall–Kier alpha value is -0.984. The van der Waals surface area contributed by atoms with Crippen molar-refractivity contribution in [2.45, 2.75) is 24.7 Å². The van der Waals surface area contributed by atoms with E-state index in [0.717, 1.165) is 0 Å². The van der Waals surface area contributed by atoms with Gasteiger partial charge in [-0.1, -0.05) is 0 Å². The number of hydrogen-bond donors (Lipinski definition) is 3. The number of aliphatic hydroxyl groups excluding tert-OH is 3. The number of nitrogens with zero attached hydrogens (tertiary/aromatic N) is 1. The Labute approximate surface area is 143 Å². The van der Waals surface area contributed by atoms with E-state index >= 15 is 0 Å². The normalized spacial score (nSPS) is 14.5. The van der Waals surface area contributed by atoms with Crippen LogP contribution < -0.4 is 15.3 Å². The van der Waals surface area contributed by atoms with Crippen molar-refractivity contribution in [3.63, 3.8) is 0 Å². The molecular weight excluding hydrogens is 314 g/mol. The van der Waals surface area contributed by atoms with Crippen LogP contribution in [0.4, 0.5) is 0 Å². The number of quaternary nitrogens is 1. The molecule has 0 amide bonds. The van der Waals surface area contributed by atoms with Gasteiger partial charge < -0.3 is 49.5 Å². The minimum atomic E-state index is -2.44. The summed E-state index contributed by atoms with van der Waals surface area (Å²) in [5.74, 6) is -5.32. The minimum Gasteiger partial charge on any atom is -0.550 e. The number of aliphatic carboxylic acids is 3. The number of carbonyl (C=O) groups is 3. The smallest absolute Gasteiger partial charge is 0.550 e. The van der Waals surface area contributed by atoms with Crippen LogP contribution in [0, 0.1) is 0 Å². The molecule has 0 aromatic heterocycles. The van der Waals surface area contributed by atoms with Crippen molar-refractivity contribution in [1.82, 2.24) is 0 Å². The van der Waals surface area contributed by atoms with Crippen molar-refractivity contribution in [2.75, 3.05) is 27.7 Å². The first-order valence-corrected chi connectivity index (χ1v) is 5.74. The third-order valence-corrected chi connectivity index (χ3v) is 1.94. The number of carbonyl (C=O) groups excluding carboxylic acids is 3. The van der Waals surface area contributed by atoms with Gasteiger partial charge in [0.2, 0.25) is 0 Å².